The molecule has 0 bridgehead atoms. The highest BCUT2D eigenvalue weighted by atomic mass is 32.2. The summed E-state index contributed by atoms with van der Waals surface area (Å²) < 4.78 is 37.2. The first-order valence-electron chi connectivity index (χ1n) is 13.4. The summed E-state index contributed by atoms with van der Waals surface area (Å²) in [7, 11) is -1.94. The van der Waals surface area contributed by atoms with Crippen LogP contribution < -0.4 is 4.74 Å². The lowest BCUT2D eigenvalue weighted by atomic mass is 10.1. The highest BCUT2D eigenvalue weighted by Gasteiger charge is 2.27. The van der Waals surface area contributed by atoms with Crippen molar-refractivity contribution < 1.29 is 22.7 Å². The minimum atomic E-state index is -3.51. The van der Waals surface area contributed by atoms with E-state index in [1.165, 1.54) is 45.3 Å². The number of sulfone groups is 1. The zero-order valence-electron chi connectivity index (χ0n) is 22.6. The molecule has 1 aromatic carbocycles. The van der Waals surface area contributed by atoms with Crippen molar-refractivity contribution in [1.82, 2.24) is 14.7 Å². The summed E-state index contributed by atoms with van der Waals surface area (Å²) in [4.78, 5) is 19.8. The summed E-state index contributed by atoms with van der Waals surface area (Å²) in [5, 5.41) is -0.605. The van der Waals surface area contributed by atoms with Gasteiger partial charge in [0.1, 0.15) is 12.4 Å². The molecule has 1 aromatic rings. The molecule has 2 aliphatic heterocycles. The van der Waals surface area contributed by atoms with Gasteiger partial charge < -0.3 is 19.3 Å². The predicted octanol–water partition coefficient (Wildman–Crippen LogP) is 2.90. The molecule has 1 unspecified atom stereocenters. The number of amides is 1. The van der Waals surface area contributed by atoms with E-state index in [1.54, 1.807) is 40.0 Å². The zero-order chi connectivity index (χ0) is 26.1. The second-order valence-electron chi connectivity index (χ2n) is 10.3. The molecule has 2 aliphatic rings. The quantitative estimate of drug-likeness (QED) is 0.390. The normalized spacial score (nSPS) is 18.8. The summed E-state index contributed by atoms with van der Waals surface area (Å²) in [6.45, 7) is 13.5. The predicted molar refractivity (Wildman–Crippen MR) is 142 cm³/mol. The molecule has 2 heterocycles. The van der Waals surface area contributed by atoms with Crippen molar-refractivity contribution in [2.45, 2.75) is 63.0 Å². The highest BCUT2D eigenvalue weighted by molar-refractivity contribution is 7.92. The molecule has 1 amide bonds. The van der Waals surface area contributed by atoms with Crippen molar-refractivity contribution in [2.24, 2.45) is 0 Å². The van der Waals surface area contributed by atoms with Gasteiger partial charge >= 0.3 is 0 Å². The molecule has 2 saturated heterocycles. The first-order chi connectivity index (χ1) is 17.2. The number of carbonyl (C=O) groups is 1. The van der Waals surface area contributed by atoms with Gasteiger partial charge in [0, 0.05) is 32.8 Å². The number of rotatable bonds is 12. The van der Waals surface area contributed by atoms with Crippen molar-refractivity contribution in [3.63, 3.8) is 0 Å². The van der Waals surface area contributed by atoms with Gasteiger partial charge in [0.25, 0.3) is 0 Å². The molecule has 0 aromatic heterocycles. The van der Waals surface area contributed by atoms with Crippen LogP contribution in [-0.4, -0.2) is 107 Å². The first kappa shape index (κ1) is 28.9. The molecule has 36 heavy (non-hydrogen) atoms. The molecule has 0 radical (unpaired) electrons. The van der Waals surface area contributed by atoms with E-state index in [0.29, 0.717) is 28.2 Å². The van der Waals surface area contributed by atoms with Crippen LogP contribution in [-0.2, 0) is 19.4 Å². The number of carbonyl (C=O) groups excluding carboxylic acids is 1. The SMILES string of the molecule is COc1cc(C)c(S(=O)(=O)C(C)CCOCC(=O)N2CCN(CCCN3CCCCC3)CC2)c(C)c1. The third-order valence-electron chi connectivity index (χ3n) is 7.50. The van der Waals surface area contributed by atoms with Gasteiger partial charge in [-0.25, -0.2) is 8.42 Å². The van der Waals surface area contributed by atoms with Gasteiger partial charge in [0.2, 0.25) is 5.91 Å². The molecule has 0 spiro atoms. The van der Waals surface area contributed by atoms with Crippen molar-refractivity contribution in [1.29, 1.82) is 0 Å². The summed E-state index contributed by atoms with van der Waals surface area (Å²) in [5.74, 6) is 0.636. The third-order valence-corrected chi connectivity index (χ3v) is 10.0. The third kappa shape index (κ3) is 7.91. The van der Waals surface area contributed by atoms with Gasteiger partial charge in [0.05, 0.1) is 17.3 Å². The standard InChI is InChI=1S/C27H45N3O5S/c1-22-19-25(34-4)20-23(2)27(22)36(32,33)24(3)9-18-35-21-26(31)30-16-14-29(15-17-30)13-8-12-28-10-6-5-7-11-28/h19-20,24H,5-18,21H2,1-4H3. The number of piperidine rings is 1. The Kier molecular flexibility index (Phi) is 11.0. The maximum atomic E-state index is 13.2. The average Bonchev–Trinajstić information content (AvgIpc) is 2.86. The van der Waals surface area contributed by atoms with Gasteiger partial charge in [0.15, 0.2) is 9.84 Å². The summed E-state index contributed by atoms with van der Waals surface area (Å²) in [5.41, 5.74) is 1.36. The van der Waals surface area contributed by atoms with Crippen LogP contribution in [0.2, 0.25) is 0 Å². The molecule has 9 heteroatoms. The van der Waals surface area contributed by atoms with Crippen LogP contribution in [0.4, 0.5) is 0 Å². The fraction of sp³-hybridized carbons (Fsp3) is 0.741. The maximum Gasteiger partial charge on any atom is 0.248 e. The lowest BCUT2D eigenvalue weighted by molar-refractivity contribution is -0.137. The maximum absolute atomic E-state index is 13.2. The van der Waals surface area contributed by atoms with Crippen LogP contribution in [0.5, 0.6) is 5.75 Å². The van der Waals surface area contributed by atoms with E-state index >= 15 is 0 Å². The molecule has 0 N–H and O–H groups in total. The number of likely N-dealkylation sites (tertiary alicyclic amines) is 1. The Morgan fingerprint density at radius 2 is 1.53 bits per heavy atom. The van der Waals surface area contributed by atoms with Crippen LogP contribution in [0.15, 0.2) is 17.0 Å². The topological polar surface area (TPSA) is 79.4 Å². The molecule has 1 atom stereocenters. The molecular formula is C27H45N3O5S. The average molecular weight is 524 g/mol. The number of benzene rings is 1. The fourth-order valence-corrected chi connectivity index (χ4v) is 7.08. The van der Waals surface area contributed by atoms with Crippen LogP contribution in [0, 0.1) is 13.8 Å². The minimum absolute atomic E-state index is 0.00230. The first-order valence-corrected chi connectivity index (χ1v) is 15.0. The van der Waals surface area contributed by atoms with Gasteiger partial charge in [-0.05, 0) is 95.9 Å². The number of ether oxygens (including phenoxy) is 2. The number of methoxy groups -OCH3 is 1. The van der Waals surface area contributed by atoms with Crippen LogP contribution >= 0.6 is 0 Å². The Morgan fingerprint density at radius 3 is 2.11 bits per heavy atom. The highest BCUT2D eigenvalue weighted by Crippen LogP contribution is 2.29. The van der Waals surface area contributed by atoms with Crippen molar-refractivity contribution in [3.05, 3.63) is 23.3 Å². The van der Waals surface area contributed by atoms with Crippen LogP contribution in [0.1, 0.15) is 50.2 Å². The Hall–Kier alpha value is -1.68. The van der Waals surface area contributed by atoms with Crippen molar-refractivity contribution in [2.75, 3.05) is 72.7 Å². The monoisotopic (exact) mass is 523 g/mol. The lowest BCUT2D eigenvalue weighted by Crippen LogP contribution is -2.50. The van der Waals surface area contributed by atoms with Gasteiger partial charge in [-0.15, -0.1) is 0 Å². The smallest absolute Gasteiger partial charge is 0.248 e. The number of aryl methyl sites for hydroxylation is 2. The second kappa shape index (κ2) is 13.7. The molecular weight excluding hydrogens is 478 g/mol. The summed E-state index contributed by atoms with van der Waals surface area (Å²) >= 11 is 0. The fourth-order valence-electron chi connectivity index (χ4n) is 5.26. The Morgan fingerprint density at radius 1 is 0.944 bits per heavy atom. The van der Waals surface area contributed by atoms with E-state index in [1.807, 2.05) is 4.90 Å². The second-order valence-corrected chi connectivity index (χ2v) is 12.6. The minimum Gasteiger partial charge on any atom is -0.497 e. The number of hydrogen-bond acceptors (Lipinski definition) is 7. The number of hydrogen-bond donors (Lipinski definition) is 0. The molecule has 3 rings (SSSR count). The molecule has 2 fully saturated rings. The van der Waals surface area contributed by atoms with E-state index in [2.05, 4.69) is 9.80 Å². The van der Waals surface area contributed by atoms with E-state index < -0.39 is 15.1 Å². The van der Waals surface area contributed by atoms with Gasteiger partial charge in [-0.3, -0.25) is 9.69 Å². The van der Waals surface area contributed by atoms with E-state index in [-0.39, 0.29) is 19.1 Å². The summed E-state index contributed by atoms with van der Waals surface area (Å²) in [6, 6.07) is 3.49. The summed E-state index contributed by atoms with van der Waals surface area (Å²) in [6.07, 6.45) is 5.57. The van der Waals surface area contributed by atoms with E-state index in [4.69, 9.17) is 9.47 Å². The molecule has 0 aliphatic carbocycles. The molecule has 0 saturated carbocycles. The zero-order valence-corrected chi connectivity index (χ0v) is 23.4. The number of nitrogens with zero attached hydrogens (tertiary/aromatic N) is 3. The van der Waals surface area contributed by atoms with Crippen LogP contribution in [0.3, 0.4) is 0 Å². The van der Waals surface area contributed by atoms with Gasteiger partial charge in [-0.2, -0.15) is 0 Å². The van der Waals surface area contributed by atoms with Crippen molar-refractivity contribution in [3.8, 4) is 5.75 Å². The Balaban J connectivity index is 1.34. The van der Waals surface area contributed by atoms with E-state index in [9.17, 15) is 13.2 Å². The van der Waals surface area contributed by atoms with E-state index in [0.717, 1.165) is 32.7 Å². The molecule has 204 valence electrons. The number of piperazine rings is 1. The molecule has 8 nitrogen and oxygen atoms in total. The van der Waals surface area contributed by atoms with Crippen LogP contribution in [0.25, 0.3) is 0 Å². The lowest BCUT2D eigenvalue weighted by Gasteiger charge is -2.35. The Labute approximate surface area is 217 Å². The van der Waals surface area contributed by atoms with Gasteiger partial charge in [-0.1, -0.05) is 6.42 Å². The van der Waals surface area contributed by atoms with Crippen molar-refractivity contribution >= 4 is 15.7 Å². The Bertz CT molecular complexity index is 931. The largest absolute Gasteiger partial charge is 0.497 e.